The highest BCUT2D eigenvalue weighted by molar-refractivity contribution is 7.11. The Morgan fingerprint density at radius 2 is 2.29 bits per heavy atom. The fourth-order valence-electron chi connectivity index (χ4n) is 2.14. The minimum absolute atomic E-state index is 0.303. The summed E-state index contributed by atoms with van der Waals surface area (Å²) in [7, 11) is 0. The SMILES string of the molecule is Cc1ncsc1C(=O)CC1CCCC1. The number of Topliss-reactive ketones (excluding diaryl/α,β-unsaturated/α-hetero) is 1. The van der Waals surface area contributed by atoms with Gasteiger partial charge in [0, 0.05) is 6.42 Å². The molecule has 0 spiro atoms. The lowest BCUT2D eigenvalue weighted by Crippen LogP contribution is -2.05. The quantitative estimate of drug-likeness (QED) is 0.715. The van der Waals surface area contributed by atoms with Crippen molar-refractivity contribution in [3.05, 3.63) is 16.1 Å². The van der Waals surface area contributed by atoms with Crippen LogP contribution >= 0.6 is 11.3 Å². The molecule has 0 aliphatic heterocycles. The van der Waals surface area contributed by atoms with Gasteiger partial charge in [0.15, 0.2) is 5.78 Å². The van der Waals surface area contributed by atoms with Gasteiger partial charge in [0.2, 0.25) is 0 Å². The van der Waals surface area contributed by atoms with E-state index < -0.39 is 0 Å². The Kier molecular flexibility index (Phi) is 2.96. The molecule has 14 heavy (non-hydrogen) atoms. The van der Waals surface area contributed by atoms with E-state index in [4.69, 9.17) is 0 Å². The van der Waals surface area contributed by atoms with Crippen molar-refractivity contribution in [2.45, 2.75) is 39.0 Å². The number of hydrogen-bond acceptors (Lipinski definition) is 3. The molecule has 0 saturated heterocycles. The fraction of sp³-hybridized carbons (Fsp3) is 0.636. The van der Waals surface area contributed by atoms with Crippen LogP contribution in [-0.4, -0.2) is 10.8 Å². The molecule has 0 radical (unpaired) electrons. The van der Waals surface area contributed by atoms with Crippen molar-refractivity contribution >= 4 is 17.1 Å². The van der Waals surface area contributed by atoms with E-state index in [1.165, 1.54) is 37.0 Å². The van der Waals surface area contributed by atoms with Gasteiger partial charge >= 0.3 is 0 Å². The third-order valence-electron chi connectivity index (χ3n) is 2.95. The minimum atomic E-state index is 0.303. The molecule has 1 fully saturated rings. The number of aromatic nitrogens is 1. The average Bonchev–Trinajstić information content (AvgIpc) is 2.75. The Labute approximate surface area is 88.4 Å². The fourth-order valence-corrected chi connectivity index (χ4v) is 2.89. The largest absolute Gasteiger partial charge is 0.293 e. The van der Waals surface area contributed by atoms with Crippen LogP contribution < -0.4 is 0 Å². The Morgan fingerprint density at radius 3 is 2.86 bits per heavy atom. The maximum absolute atomic E-state index is 11.9. The van der Waals surface area contributed by atoms with E-state index in [0.717, 1.165) is 17.0 Å². The molecule has 2 rings (SSSR count). The predicted octanol–water partition coefficient (Wildman–Crippen LogP) is 3.21. The highest BCUT2D eigenvalue weighted by Crippen LogP contribution is 2.29. The van der Waals surface area contributed by atoms with E-state index in [1.807, 2.05) is 6.92 Å². The first-order valence-electron chi connectivity index (χ1n) is 5.20. The van der Waals surface area contributed by atoms with Gasteiger partial charge in [0.25, 0.3) is 0 Å². The molecule has 1 aromatic heterocycles. The highest BCUT2D eigenvalue weighted by atomic mass is 32.1. The molecular formula is C11H15NOS. The molecular weight excluding hydrogens is 194 g/mol. The topological polar surface area (TPSA) is 30.0 Å². The smallest absolute Gasteiger partial charge is 0.174 e. The number of hydrogen-bond donors (Lipinski definition) is 0. The lowest BCUT2D eigenvalue weighted by Gasteiger charge is -2.06. The summed E-state index contributed by atoms with van der Waals surface area (Å²) in [6.07, 6.45) is 5.83. The van der Waals surface area contributed by atoms with Crippen LogP contribution in [0.4, 0.5) is 0 Å². The molecule has 0 aromatic carbocycles. The predicted molar refractivity (Wildman–Crippen MR) is 57.8 cm³/mol. The second kappa shape index (κ2) is 4.22. The van der Waals surface area contributed by atoms with E-state index in [0.29, 0.717) is 11.7 Å². The van der Waals surface area contributed by atoms with Crippen LogP contribution in [0, 0.1) is 12.8 Å². The van der Waals surface area contributed by atoms with E-state index in [-0.39, 0.29) is 0 Å². The molecule has 3 heteroatoms. The Balaban J connectivity index is 1.98. The molecule has 2 nitrogen and oxygen atoms in total. The first-order chi connectivity index (χ1) is 6.77. The second-order valence-electron chi connectivity index (χ2n) is 4.04. The number of carbonyl (C=O) groups excluding carboxylic acids is 1. The molecule has 76 valence electrons. The molecule has 1 aromatic rings. The first kappa shape index (κ1) is 9.84. The van der Waals surface area contributed by atoms with Crippen LogP contribution in [0.15, 0.2) is 5.51 Å². The highest BCUT2D eigenvalue weighted by Gasteiger charge is 2.20. The van der Waals surface area contributed by atoms with Gasteiger partial charge in [-0.1, -0.05) is 25.7 Å². The summed E-state index contributed by atoms with van der Waals surface area (Å²) in [4.78, 5) is 16.8. The van der Waals surface area contributed by atoms with Crippen LogP contribution in [0.2, 0.25) is 0 Å². The first-order valence-corrected chi connectivity index (χ1v) is 6.08. The molecule has 0 unspecified atom stereocenters. The molecule has 0 atom stereocenters. The van der Waals surface area contributed by atoms with Crippen molar-refractivity contribution in [2.75, 3.05) is 0 Å². The Morgan fingerprint density at radius 1 is 1.57 bits per heavy atom. The van der Waals surface area contributed by atoms with Crippen LogP contribution in [-0.2, 0) is 0 Å². The molecule has 0 bridgehead atoms. The molecule has 1 aliphatic carbocycles. The molecule has 0 N–H and O–H groups in total. The lowest BCUT2D eigenvalue weighted by molar-refractivity contribution is 0.0965. The molecule has 1 aliphatic rings. The van der Waals surface area contributed by atoms with Gasteiger partial charge in [-0.15, -0.1) is 11.3 Å². The number of rotatable bonds is 3. The number of thiazole rings is 1. The van der Waals surface area contributed by atoms with E-state index in [9.17, 15) is 4.79 Å². The maximum atomic E-state index is 11.9. The molecule has 1 heterocycles. The second-order valence-corrected chi connectivity index (χ2v) is 4.90. The number of ketones is 1. The van der Waals surface area contributed by atoms with Gasteiger partial charge in [-0.3, -0.25) is 4.79 Å². The zero-order valence-corrected chi connectivity index (χ0v) is 9.27. The average molecular weight is 209 g/mol. The normalized spacial score (nSPS) is 17.5. The van der Waals surface area contributed by atoms with Gasteiger partial charge in [-0.25, -0.2) is 4.98 Å². The lowest BCUT2D eigenvalue weighted by atomic mass is 10.00. The van der Waals surface area contributed by atoms with Crippen molar-refractivity contribution in [1.29, 1.82) is 0 Å². The van der Waals surface area contributed by atoms with Gasteiger partial charge in [0.05, 0.1) is 16.1 Å². The van der Waals surface area contributed by atoms with Crippen LogP contribution in [0.25, 0.3) is 0 Å². The maximum Gasteiger partial charge on any atom is 0.174 e. The van der Waals surface area contributed by atoms with E-state index in [1.54, 1.807) is 5.51 Å². The molecule has 1 saturated carbocycles. The summed E-state index contributed by atoms with van der Waals surface area (Å²) in [5.41, 5.74) is 2.66. The van der Waals surface area contributed by atoms with Gasteiger partial charge in [-0.05, 0) is 12.8 Å². The Hall–Kier alpha value is -0.700. The summed E-state index contributed by atoms with van der Waals surface area (Å²) < 4.78 is 0. The number of carbonyl (C=O) groups is 1. The summed E-state index contributed by atoms with van der Waals surface area (Å²) in [6.45, 7) is 1.92. The van der Waals surface area contributed by atoms with Gasteiger partial charge in [0.1, 0.15) is 0 Å². The van der Waals surface area contributed by atoms with Crippen LogP contribution in [0.5, 0.6) is 0 Å². The summed E-state index contributed by atoms with van der Waals surface area (Å²) in [6, 6.07) is 0. The molecule has 0 amide bonds. The Bertz CT molecular complexity index is 326. The van der Waals surface area contributed by atoms with Crippen LogP contribution in [0.1, 0.15) is 47.5 Å². The monoisotopic (exact) mass is 209 g/mol. The van der Waals surface area contributed by atoms with Crippen molar-refractivity contribution in [2.24, 2.45) is 5.92 Å². The summed E-state index contributed by atoms with van der Waals surface area (Å²) in [5, 5.41) is 0. The van der Waals surface area contributed by atoms with Gasteiger partial charge in [-0.2, -0.15) is 0 Å². The van der Waals surface area contributed by atoms with Crippen LogP contribution in [0.3, 0.4) is 0 Å². The summed E-state index contributed by atoms with van der Waals surface area (Å²) in [5.74, 6) is 0.945. The number of aryl methyl sites for hydroxylation is 1. The third kappa shape index (κ3) is 2.03. The van der Waals surface area contributed by atoms with E-state index in [2.05, 4.69) is 4.98 Å². The van der Waals surface area contributed by atoms with Crippen molar-refractivity contribution in [3.8, 4) is 0 Å². The van der Waals surface area contributed by atoms with Crippen molar-refractivity contribution in [3.63, 3.8) is 0 Å². The van der Waals surface area contributed by atoms with Gasteiger partial charge < -0.3 is 0 Å². The standard InChI is InChI=1S/C11H15NOS/c1-8-11(14-7-12-8)10(13)6-9-4-2-3-5-9/h7,9H,2-6H2,1H3. The zero-order chi connectivity index (χ0) is 9.97. The summed E-state index contributed by atoms with van der Waals surface area (Å²) >= 11 is 1.48. The van der Waals surface area contributed by atoms with Crippen molar-refractivity contribution in [1.82, 2.24) is 4.98 Å². The van der Waals surface area contributed by atoms with Crippen molar-refractivity contribution < 1.29 is 4.79 Å². The van der Waals surface area contributed by atoms with E-state index >= 15 is 0 Å². The third-order valence-corrected chi connectivity index (χ3v) is 3.92. The number of nitrogens with zero attached hydrogens (tertiary/aromatic N) is 1. The minimum Gasteiger partial charge on any atom is -0.293 e. The zero-order valence-electron chi connectivity index (χ0n) is 8.45.